The molecule has 2 rings (SSSR count). The second-order valence-electron chi connectivity index (χ2n) is 4.07. The van der Waals surface area contributed by atoms with Crippen LogP contribution < -0.4 is 0 Å². The van der Waals surface area contributed by atoms with E-state index in [9.17, 15) is 28.1 Å². The first-order chi connectivity index (χ1) is 9.70. The first-order valence-corrected chi connectivity index (χ1v) is 5.47. The Morgan fingerprint density at radius 2 is 1.76 bits per heavy atom. The zero-order valence-corrected chi connectivity index (χ0v) is 10.2. The molecule has 0 fully saturated rings. The van der Waals surface area contributed by atoms with E-state index in [2.05, 4.69) is 0 Å². The molecule has 1 N–H and O–H groups in total. The fraction of sp³-hybridized carbons (Fsp3) is 0.0833. The number of halogens is 3. The Bertz CT molecular complexity index is 704. The van der Waals surface area contributed by atoms with Crippen molar-refractivity contribution in [1.29, 1.82) is 0 Å². The van der Waals surface area contributed by atoms with Gasteiger partial charge in [-0.05, 0) is 12.1 Å². The number of aromatic carboxylic acids is 1. The molecule has 0 unspecified atom stereocenters. The van der Waals surface area contributed by atoms with Gasteiger partial charge in [-0.3, -0.25) is 10.1 Å². The molecule has 21 heavy (non-hydrogen) atoms. The number of nitro benzene ring substituents is 1. The van der Waals surface area contributed by atoms with Crippen LogP contribution in [0.2, 0.25) is 0 Å². The molecule has 1 aromatic heterocycles. The molecule has 0 atom stereocenters. The Morgan fingerprint density at radius 1 is 1.19 bits per heavy atom. The molecule has 0 spiro atoms. The number of rotatable bonds is 3. The number of hydrogen-bond acceptors (Lipinski definition) is 3. The summed E-state index contributed by atoms with van der Waals surface area (Å²) in [6.45, 7) is 0. The minimum Gasteiger partial charge on any atom is -0.478 e. The minimum absolute atomic E-state index is 0.179. The largest absolute Gasteiger partial charge is 0.478 e. The number of carboxylic acid groups (broad SMARTS) is 1. The average molecular weight is 300 g/mol. The smallest absolute Gasteiger partial charge is 0.418 e. The van der Waals surface area contributed by atoms with E-state index in [-0.39, 0.29) is 11.4 Å². The molecule has 110 valence electrons. The molecule has 0 aliphatic rings. The highest BCUT2D eigenvalue weighted by molar-refractivity contribution is 5.89. The van der Waals surface area contributed by atoms with Crippen molar-refractivity contribution >= 4 is 11.7 Å². The predicted molar refractivity (Wildman–Crippen MR) is 64.4 cm³/mol. The van der Waals surface area contributed by atoms with Crippen molar-refractivity contribution in [2.24, 2.45) is 0 Å². The van der Waals surface area contributed by atoms with Gasteiger partial charge in [0.05, 0.1) is 16.1 Å². The Hall–Kier alpha value is -2.84. The Labute approximate surface area is 115 Å². The van der Waals surface area contributed by atoms with Crippen LogP contribution in [0.3, 0.4) is 0 Å². The summed E-state index contributed by atoms with van der Waals surface area (Å²) in [5.74, 6) is -1.71. The van der Waals surface area contributed by atoms with Gasteiger partial charge in [0.2, 0.25) is 0 Å². The first kappa shape index (κ1) is 14.6. The van der Waals surface area contributed by atoms with Crippen LogP contribution in [0.5, 0.6) is 0 Å². The molecule has 0 aliphatic carbocycles. The van der Waals surface area contributed by atoms with Crippen LogP contribution >= 0.6 is 0 Å². The molecule has 0 radical (unpaired) electrons. The van der Waals surface area contributed by atoms with Crippen molar-refractivity contribution in [3.63, 3.8) is 0 Å². The van der Waals surface area contributed by atoms with Crippen molar-refractivity contribution in [3.8, 4) is 5.69 Å². The van der Waals surface area contributed by atoms with Crippen LogP contribution in [0, 0.1) is 10.1 Å². The van der Waals surface area contributed by atoms with Crippen molar-refractivity contribution in [1.82, 2.24) is 4.57 Å². The van der Waals surface area contributed by atoms with E-state index >= 15 is 0 Å². The second-order valence-corrected chi connectivity index (χ2v) is 4.07. The molecule has 1 aromatic carbocycles. The number of benzene rings is 1. The van der Waals surface area contributed by atoms with Gasteiger partial charge in [0.15, 0.2) is 0 Å². The number of carbonyl (C=O) groups is 1. The van der Waals surface area contributed by atoms with Crippen LogP contribution in [0.4, 0.5) is 18.9 Å². The number of non-ortho nitro benzene ring substituents is 1. The summed E-state index contributed by atoms with van der Waals surface area (Å²) >= 11 is 0. The van der Waals surface area contributed by atoms with Gasteiger partial charge in [-0.25, -0.2) is 4.79 Å². The van der Waals surface area contributed by atoms with Crippen molar-refractivity contribution in [2.45, 2.75) is 6.18 Å². The van der Waals surface area contributed by atoms with E-state index in [4.69, 9.17) is 5.11 Å². The number of carboxylic acids is 1. The summed E-state index contributed by atoms with van der Waals surface area (Å²) in [4.78, 5) is 20.7. The molecule has 0 bridgehead atoms. The molecule has 0 aliphatic heterocycles. The lowest BCUT2D eigenvalue weighted by Crippen LogP contribution is -2.09. The highest BCUT2D eigenvalue weighted by Crippen LogP contribution is 2.33. The highest BCUT2D eigenvalue weighted by Gasteiger charge is 2.37. The van der Waals surface area contributed by atoms with E-state index in [0.29, 0.717) is 6.20 Å². The van der Waals surface area contributed by atoms with E-state index in [0.717, 1.165) is 22.9 Å². The SMILES string of the molecule is O=C(O)c1cn(-c2ccc([N+](=O)[O-])cc2)cc1C(F)(F)F. The van der Waals surface area contributed by atoms with E-state index in [1.165, 1.54) is 12.1 Å². The first-order valence-electron chi connectivity index (χ1n) is 5.47. The molecule has 0 saturated carbocycles. The standard InChI is InChI=1S/C12H7F3N2O4/c13-12(14,15)10-6-16(5-9(10)11(18)19)7-1-3-8(4-2-7)17(20)21/h1-6H,(H,18,19). The minimum atomic E-state index is -4.81. The summed E-state index contributed by atoms with van der Waals surface area (Å²) in [7, 11) is 0. The van der Waals surface area contributed by atoms with Crippen molar-refractivity contribution in [2.75, 3.05) is 0 Å². The molecule has 1 heterocycles. The third kappa shape index (κ3) is 2.86. The summed E-state index contributed by atoms with van der Waals surface area (Å²) in [5, 5.41) is 19.3. The number of aromatic nitrogens is 1. The fourth-order valence-corrected chi connectivity index (χ4v) is 1.75. The van der Waals surface area contributed by atoms with E-state index in [1.54, 1.807) is 0 Å². The zero-order chi connectivity index (χ0) is 15.8. The Morgan fingerprint density at radius 3 is 2.14 bits per heavy atom. The summed E-state index contributed by atoms with van der Waals surface area (Å²) < 4.78 is 39.2. The lowest BCUT2D eigenvalue weighted by atomic mass is 10.2. The van der Waals surface area contributed by atoms with Gasteiger partial charge >= 0.3 is 12.1 Å². The van der Waals surface area contributed by atoms with Gasteiger partial charge in [-0.2, -0.15) is 13.2 Å². The third-order valence-corrected chi connectivity index (χ3v) is 2.72. The lowest BCUT2D eigenvalue weighted by molar-refractivity contribution is -0.384. The topological polar surface area (TPSA) is 85.4 Å². The monoisotopic (exact) mass is 300 g/mol. The van der Waals surface area contributed by atoms with Gasteiger partial charge in [0.1, 0.15) is 0 Å². The van der Waals surface area contributed by atoms with Gasteiger partial charge in [0, 0.05) is 30.2 Å². The van der Waals surface area contributed by atoms with Crippen LogP contribution in [-0.4, -0.2) is 20.6 Å². The molecule has 0 saturated heterocycles. The Balaban J connectivity index is 2.50. The molecule has 9 heteroatoms. The van der Waals surface area contributed by atoms with E-state index < -0.39 is 28.2 Å². The maximum Gasteiger partial charge on any atom is 0.418 e. The number of nitrogens with zero attached hydrogens (tertiary/aromatic N) is 2. The lowest BCUT2D eigenvalue weighted by Gasteiger charge is -2.04. The zero-order valence-electron chi connectivity index (χ0n) is 10.2. The average Bonchev–Trinajstić information content (AvgIpc) is 2.84. The maximum atomic E-state index is 12.7. The predicted octanol–water partition coefficient (Wildman–Crippen LogP) is 3.10. The van der Waals surface area contributed by atoms with Gasteiger partial charge in [0.25, 0.3) is 5.69 Å². The van der Waals surface area contributed by atoms with Crippen LogP contribution in [0.1, 0.15) is 15.9 Å². The summed E-state index contributed by atoms with van der Waals surface area (Å²) in [6.07, 6.45) is -3.36. The van der Waals surface area contributed by atoms with Crippen LogP contribution in [0.15, 0.2) is 36.7 Å². The number of hydrogen-bond donors (Lipinski definition) is 1. The molecular formula is C12H7F3N2O4. The highest BCUT2D eigenvalue weighted by atomic mass is 19.4. The third-order valence-electron chi connectivity index (χ3n) is 2.72. The molecule has 6 nitrogen and oxygen atoms in total. The second kappa shape index (κ2) is 4.93. The van der Waals surface area contributed by atoms with Gasteiger partial charge < -0.3 is 9.67 Å². The molecule has 2 aromatic rings. The fourth-order valence-electron chi connectivity index (χ4n) is 1.75. The van der Waals surface area contributed by atoms with Crippen LogP contribution in [0.25, 0.3) is 5.69 Å². The Kier molecular flexibility index (Phi) is 3.42. The van der Waals surface area contributed by atoms with Crippen molar-refractivity contribution < 1.29 is 28.0 Å². The van der Waals surface area contributed by atoms with E-state index in [1.807, 2.05) is 0 Å². The van der Waals surface area contributed by atoms with Crippen LogP contribution in [-0.2, 0) is 6.18 Å². The number of nitro groups is 1. The normalized spacial score (nSPS) is 11.4. The quantitative estimate of drug-likeness (QED) is 0.697. The van der Waals surface area contributed by atoms with Gasteiger partial charge in [-0.1, -0.05) is 0 Å². The summed E-state index contributed by atoms with van der Waals surface area (Å²) in [5.41, 5.74) is -2.21. The summed E-state index contributed by atoms with van der Waals surface area (Å²) in [6, 6.07) is 4.68. The maximum absolute atomic E-state index is 12.7. The number of alkyl halides is 3. The van der Waals surface area contributed by atoms with Crippen molar-refractivity contribution in [3.05, 3.63) is 57.9 Å². The van der Waals surface area contributed by atoms with Gasteiger partial charge in [-0.15, -0.1) is 0 Å². The molecule has 0 amide bonds. The molecular weight excluding hydrogens is 293 g/mol.